The fourth-order valence-electron chi connectivity index (χ4n) is 4.28. The number of benzene rings is 2. The molecule has 3 aliphatic rings. The molecule has 1 N–H and O–H groups in total. The van der Waals surface area contributed by atoms with E-state index in [2.05, 4.69) is 12.4 Å². The number of fused-ring (bicyclic) bond motifs is 3. The van der Waals surface area contributed by atoms with E-state index in [0.717, 1.165) is 42.5 Å². The Balaban J connectivity index is 1.52. The summed E-state index contributed by atoms with van der Waals surface area (Å²) < 4.78 is 20.5. The van der Waals surface area contributed by atoms with Crippen LogP contribution in [-0.2, 0) is 4.74 Å². The molecule has 0 saturated carbocycles. The summed E-state index contributed by atoms with van der Waals surface area (Å²) in [5.41, 5.74) is 1.81. The molecule has 142 valence electrons. The van der Waals surface area contributed by atoms with Gasteiger partial charge in [0.25, 0.3) is 0 Å². The van der Waals surface area contributed by atoms with Gasteiger partial charge in [0.05, 0.1) is 25.8 Å². The quantitative estimate of drug-likeness (QED) is 0.755. The molecular formula is C21H23ClFN2O2+. The molecule has 0 aliphatic carbocycles. The number of piperidine rings is 3. The first-order chi connectivity index (χ1) is 12.9. The van der Waals surface area contributed by atoms with Crippen molar-refractivity contribution in [1.29, 1.82) is 0 Å². The van der Waals surface area contributed by atoms with Crippen LogP contribution in [0.2, 0.25) is 5.02 Å². The summed E-state index contributed by atoms with van der Waals surface area (Å²) in [6.45, 7) is 3.18. The van der Waals surface area contributed by atoms with Crippen molar-refractivity contribution in [3.63, 3.8) is 0 Å². The van der Waals surface area contributed by atoms with Crippen LogP contribution in [0.25, 0.3) is 11.1 Å². The van der Waals surface area contributed by atoms with Gasteiger partial charge in [0.2, 0.25) is 0 Å². The maximum atomic E-state index is 13.8. The number of hydrogen-bond donors (Lipinski definition) is 1. The molecule has 3 saturated heterocycles. The van der Waals surface area contributed by atoms with E-state index in [1.54, 1.807) is 24.3 Å². The molecule has 0 aromatic heterocycles. The Kier molecular flexibility index (Phi) is 4.82. The minimum Gasteiger partial charge on any atom is -0.440 e. The fourth-order valence-corrected chi connectivity index (χ4v) is 4.47. The molecule has 0 unspecified atom stereocenters. The molecule has 1 atom stereocenters. The average Bonchev–Trinajstić information content (AvgIpc) is 2.63. The van der Waals surface area contributed by atoms with E-state index in [0.29, 0.717) is 22.2 Å². The lowest BCUT2D eigenvalue weighted by atomic mass is 9.84. The fraction of sp³-hybridized carbons (Fsp3) is 0.381. The van der Waals surface area contributed by atoms with E-state index in [1.807, 2.05) is 6.07 Å². The second kappa shape index (κ2) is 7.13. The second-order valence-electron chi connectivity index (χ2n) is 7.86. The van der Waals surface area contributed by atoms with E-state index >= 15 is 0 Å². The molecule has 2 aromatic carbocycles. The number of carbonyl (C=O) groups excluding carboxylic acids is 1. The SMILES string of the molecule is C[N+]12CCC(CC1)[C@@H](OC(=O)Nc1ccc(F)cc1-c1cccc(Cl)c1)C2. The van der Waals surface area contributed by atoms with Crippen LogP contribution < -0.4 is 5.32 Å². The lowest BCUT2D eigenvalue weighted by Crippen LogP contribution is -2.62. The molecule has 4 nitrogen and oxygen atoms in total. The van der Waals surface area contributed by atoms with Crippen LogP contribution in [0.15, 0.2) is 42.5 Å². The van der Waals surface area contributed by atoms with Crippen molar-refractivity contribution in [3.8, 4) is 11.1 Å². The number of likely N-dealkylation sites (N-methyl/N-ethyl adjacent to an activating group) is 1. The van der Waals surface area contributed by atoms with Gasteiger partial charge in [-0.2, -0.15) is 0 Å². The molecular weight excluding hydrogens is 367 g/mol. The van der Waals surface area contributed by atoms with Gasteiger partial charge in [0, 0.05) is 29.3 Å². The molecule has 6 heteroatoms. The first-order valence-electron chi connectivity index (χ1n) is 9.29. The largest absolute Gasteiger partial charge is 0.440 e. The monoisotopic (exact) mass is 389 g/mol. The van der Waals surface area contributed by atoms with Crippen molar-refractivity contribution in [2.24, 2.45) is 5.92 Å². The molecule has 0 spiro atoms. The predicted octanol–water partition coefficient (Wildman–Crippen LogP) is 4.93. The van der Waals surface area contributed by atoms with Crippen LogP contribution in [0, 0.1) is 11.7 Å². The number of anilines is 1. The highest BCUT2D eigenvalue weighted by Crippen LogP contribution is 2.35. The number of halogens is 2. The summed E-state index contributed by atoms with van der Waals surface area (Å²) in [6.07, 6.45) is 1.64. The third-order valence-electron chi connectivity index (χ3n) is 5.84. The topological polar surface area (TPSA) is 38.3 Å². The summed E-state index contributed by atoms with van der Waals surface area (Å²) in [7, 11) is 2.22. The molecule has 3 heterocycles. The van der Waals surface area contributed by atoms with Crippen molar-refractivity contribution >= 4 is 23.4 Å². The van der Waals surface area contributed by atoms with Crippen LogP contribution in [0.5, 0.6) is 0 Å². The number of nitrogens with zero attached hydrogens (tertiary/aromatic N) is 1. The molecule has 27 heavy (non-hydrogen) atoms. The summed E-state index contributed by atoms with van der Waals surface area (Å²) >= 11 is 6.06. The molecule has 1 amide bonds. The maximum absolute atomic E-state index is 13.8. The number of quaternary nitrogens is 1. The second-order valence-corrected chi connectivity index (χ2v) is 8.29. The lowest BCUT2D eigenvalue weighted by molar-refractivity contribution is -0.928. The van der Waals surface area contributed by atoms with Crippen LogP contribution in [0.3, 0.4) is 0 Å². The molecule has 3 aliphatic heterocycles. The molecule has 2 aromatic rings. The minimum absolute atomic E-state index is 0.0624. The highest BCUT2D eigenvalue weighted by Gasteiger charge is 2.45. The Morgan fingerprint density at radius 1 is 1.22 bits per heavy atom. The van der Waals surface area contributed by atoms with Crippen molar-refractivity contribution in [2.75, 3.05) is 32.0 Å². The van der Waals surface area contributed by atoms with Crippen molar-refractivity contribution < 1.29 is 18.4 Å². The van der Waals surface area contributed by atoms with Gasteiger partial charge in [-0.25, -0.2) is 9.18 Å². The molecule has 0 radical (unpaired) electrons. The van der Waals surface area contributed by atoms with Gasteiger partial charge >= 0.3 is 6.09 Å². The van der Waals surface area contributed by atoms with E-state index in [-0.39, 0.29) is 11.9 Å². The Bertz CT molecular complexity index is 865. The van der Waals surface area contributed by atoms with Gasteiger partial charge in [-0.05, 0) is 35.9 Å². The van der Waals surface area contributed by atoms with Crippen molar-refractivity contribution in [3.05, 3.63) is 53.3 Å². The normalized spacial score (nSPS) is 26.6. The Hall–Kier alpha value is -2.11. The van der Waals surface area contributed by atoms with E-state index in [1.165, 1.54) is 12.1 Å². The van der Waals surface area contributed by atoms with Gasteiger partial charge < -0.3 is 9.22 Å². The van der Waals surface area contributed by atoms with Crippen molar-refractivity contribution in [2.45, 2.75) is 18.9 Å². The number of carbonyl (C=O) groups is 1. The van der Waals surface area contributed by atoms with Gasteiger partial charge in [0.15, 0.2) is 6.10 Å². The van der Waals surface area contributed by atoms with Crippen LogP contribution in [0.1, 0.15) is 12.8 Å². The standard InChI is InChI=1S/C21H22ClFN2O2/c1-25-9-7-14(8-10-25)20(13-25)27-21(26)24-19-6-5-17(23)12-18(19)15-3-2-4-16(22)11-15/h2-6,11-12,14,20H,7-10,13H2,1H3/p+1/t14?,20-,25?/m0/s1. The van der Waals surface area contributed by atoms with Crippen LogP contribution in [0.4, 0.5) is 14.9 Å². The first-order valence-corrected chi connectivity index (χ1v) is 9.66. The summed E-state index contributed by atoms with van der Waals surface area (Å²) in [5, 5.41) is 3.35. The van der Waals surface area contributed by atoms with Crippen LogP contribution in [-0.4, -0.2) is 43.4 Å². The summed E-state index contributed by atoms with van der Waals surface area (Å²) in [5.74, 6) is 0.0648. The molecule has 3 fully saturated rings. The third kappa shape index (κ3) is 3.94. The molecule has 5 rings (SSSR count). The Morgan fingerprint density at radius 3 is 2.70 bits per heavy atom. The minimum atomic E-state index is -0.491. The number of amides is 1. The number of rotatable bonds is 3. The van der Waals surface area contributed by atoms with Crippen LogP contribution >= 0.6 is 11.6 Å². The van der Waals surface area contributed by atoms with E-state index in [9.17, 15) is 9.18 Å². The zero-order valence-electron chi connectivity index (χ0n) is 15.3. The predicted molar refractivity (Wildman–Crippen MR) is 104 cm³/mol. The summed E-state index contributed by atoms with van der Waals surface area (Å²) in [4.78, 5) is 12.5. The zero-order valence-corrected chi connectivity index (χ0v) is 16.0. The van der Waals surface area contributed by atoms with Gasteiger partial charge in [0.1, 0.15) is 12.4 Å². The highest BCUT2D eigenvalue weighted by atomic mass is 35.5. The van der Waals surface area contributed by atoms with E-state index in [4.69, 9.17) is 16.3 Å². The smallest absolute Gasteiger partial charge is 0.412 e. The summed E-state index contributed by atoms with van der Waals surface area (Å²) in [6, 6.07) is 11.4. The maximum Gasteiger partial charge on any atom is 0.412 e. The highest BCUT2D eigenvalue weighted by molar-refractivity contribution is 6.30. The van der Waals surface area contributed by atoms with Gasteiger partial charge in [-0.3, -0.25) is 5.32 Å². The number of nitrogens with one attached hydrogen (secondary N) is 1. The number of hydrogen-bond acceptors (Lipinski definition) is 2. The van der Waals surface area contributed by atoms with Gasteiger partial charge in [-0.15, -0.1) is 0 Å². The average molecular weight is 390 g/mol. The third-order valence-corrected chi connectivity index (χ3v) is 6.07. The van der Waals surface area contributed by atoms with Gasteiger partial charge in [-0.1, -0.05) is 23.7 Å². The number of ether oxygens (including phenoxy) is 1. The Labute approximate surface area is 163 Å². The Morgan fingerprint density at radius 2 is 2.00 bits per heavy atom. The van der Waals surface area contributed by atoms with Crippen molar-refractivity contribution in [1.82, 2.24) is 0 Å². The molecule has 2 bridgehead atoms. The van der Waals surface area contributed by atoms with E-state index < -0.39 is 6.09 Å². The lowest BCUT2D eigenvalue weighted by Gasteiger charge is -2.49. The zero-order chi connectivity index (χ0) is 19.0. The first kappa shape index (κ1) is 18.3.